The number of ether oxygens (including phenoxy) is 2. The van der Waals surface area contributed by atoms with E-state index < -0.39 is 6.10 Å². The Labute approximate surface area is 106 Å². The predicted octanol–water partition coefficient (Wildman–Crippen LogP) is 3.19. The zero-order valence-corrected chi connectivity index (χ0v) is 10.8. The molecule has 0 saturated heterocycles. The van der Waals surface area contributed by atoms with Gasteiger partial charge in [-0.25, -0.2) is 0 Å². The van der Waals surface area contributed by atoms with Gasteiger partial charge in [0.05, 0.1) is 24.8 Å². The summed E-state index contributed by atoms with van der Waals surface area (Å²) in [5, 5.41) is 10.0. The van der Waals surface area contributed by atoms with Gasteiger partial charge in [-0.1, -0.05) is 11.6 Å². The van der Waals surface area contributed by atoms with Crippen LogP contribution in [0.25, 0.3) is 0 Å². The zero-order valence-electron chi connectivity index (χ0n) is 10.1. The van der Waals surface area contributed by atoms with Gasteiger partial charge in [0.1, 0.15) is 0 Å². The molecule has 0 bridgehead atoms. The van der Waals surface area contributed by atoms with Crippen LogP contribution in [0.5, 0.6) is 11.5 Å². The lowest BCUT2D eigenvalue weighted by Gasteiger charge is -2.15. The summed E-state index contributed by atoms with van der Waals surface area (Å²) in [6, 6.07) is 3.49. The predicted molar refractivity (Wildman–Crippen MR) is 66.9 cm³/mol. The normalized spacial score (nSPS) is 16.7. The van der Waals surface area contributed by atoms with Crippen molar-refractivity contribution >= 4 is 11.6 Å². The minimum absolute atomic E-state index is 0.469. The zero-order chi connectivity index (χ0) is 12.4. The maximum absolute atomic E-state index is 9.57. The van der Waals surface area contributed by atoms with Crippen molar-refractivity contribution in [2.45, 2.75) is 25.9 Å². The summed E-state index contributed by atoms with van der Waals surface area (Å²) < 4.78 is 10.9. The summed E-state index contributed by atoms with van der Waals surface area (Å²) in [6.45, 7) is 2.39. The molecule has 0 radical (unpaired) electrons. The molecule has 1 unspecified atom stereocenters. The molecule has 94 valence electrons. The Bertz CT molecular complexity index is 400. The first-order chi connectivity index (χ1) is 8.11. The summed E-state index contributed by atoms with van der Waals surface area (Å²) in [4.78, 5) is 0. The Balaban J connectivity index is 2.24. The van der Waals surface area contributed by atoms with Gasteiger partial charge in [0.25, 0.3) is 0 Å². The first-order valence-electron chi connectivity index (χ1n) is 5.80. The second-order valence-corrected chi connectivity index (χ2v) is 4.87. The van der Waals surface area contributed by atoms with Crippen LogP contribution in [0.3, 0.4) is 0 Å². The second kappa shape index (κ2) is 5.15. The molecule has 0 aromatic heterocycles. The summed E-state index contributed by atoms with van der Waals surface area (Å²) >= 11 is 6.09. The van der Waals surface area contributed by atoms with Crippen LogP contribution >= 0.6 is 11.6 Å². The number of halogens is 1. The molecule has 0 spiro atoms. The van der Waals surface area contributed by atoms with Crippen LogP contribution in [0.15, 0.2) is 12.1 Å². The lowest BCUT2D eigenvalue weighted by Crippen LogP contribution is -2.03. The number of rotatable bonds is 5. The summed E-state index contributed by atoms with van der Waals surface area (Å²) in [5.74, 6) is 1.81. The molecule has 4 heteroatoms. The number of benzene rings is 1. The maximum atomic E-state index is 9.57. The Hall–Kier alpha value is -0.930. The van der Waals surface area contributed by atoms with E-state index in [1.165, 1.54) is 12.8 Å². The molecule has 0 amide bonds. The minimum atomic E-state index is -0.568. The van der Waals surface area contributed by atoms with Gasteiger partial charge in [0.15, 0.2) is 11.5 Å². The molecule has 17 heavy (non-hydrogen) atoms. The van der Waals surface area contributed by atoms with E-state index in [1.807, 2.05) is 0 Å². The number of aliphatic hydroxyl groups is 1. The van der Waals surface area contributed by atoms with Crippen molar-refractivity contribution in [2.24, 2.45) is 5.92 Å². The Kier molecular flexibility index (Phi) is 3.79. The highest BCUT2D eigenvalue weighted by molar-refractivity contribution is 6.32. The molecule has 1 aliphatic rings. The second-order valence-electron chi connectivity index (χ2n) is 4.46. The van der Waals surface area contributed by atoms with Gasteiger partial charge >= 0.3 is 0 Å². The quantitative estimate of drug-likeness (QED) is 0.879. The third-order valence-electron chi connectivity index (χ3n) is 2.89. The maximum Gasteiger partial charge on any atom is 0.179 e. The van der Waals surface area contributed by atoms with E-state index in [2.05, 4.69) is 0 Å². The third kappa shape index (κ3) is 3.05. The standard InChI is InChI=1S/C13H17ClO3/c1-8(15)10-5-11(14)13(16-2)12(6-10)17-7-9-3-4-9/h5-6,8-9,15H,3-4,7H2,1-2H3. The molecule has 1 saturated carbocycles. The average molecular weight is 257 g/mol. The highest BCUT2D eigenvalue weighted by Gasteiger charge is 2.23. The van der Waals surface area contributed by atoms with E-state index in [9.17, 15) is 5.11 Å². The Morgan fingerprint density at radius 1 is 1.47 bits per heavy atom. The molecule has 1 N–H and O–H groups in total. The van der Waals surface area contributed by atoms with Crippen LogP contribution in [0.2, 0.25) is 5.02 Å². The van der Waals surface area contributed by atoms with Gasteiger partial charge < -0.3 is 14.6 Å². The van der Waals surface area contributed by atoms with Gasteiger partial charge in [-0.15, -0.1) is 0 Å². The SMILES string of the molecule is COc1c(Cl)cc(C(C)O)cc1OCC1CC1. The van der Waals surface area contributed by atoms with E-state index in [1.54, 1.807) is 26.2 Å². The topological polar surface area (TPSA) is 38.7 Å². The molecule has 1 fully saturated rings. The van der Waals surface area contributed by atoms with Crippen LogP contribution in [-0.2, 0) is 0 Å². The first-order valence-corrected chi connectivity index (χ1v) is 6.18. The lowest BCUT2D eigenvalue weighted by atomic mass is 10.1. The van der Waals surface area contributed by atoms with Crippen LogP contribution < -0.4 is 9.47 Å². The number of hydrogen-bond acceptors (Lipinski definition) is 3. The third-order valence-corrected chi connectivity index (χ3v) is 3.17. The van der Waals surface area contributed by atoms with E-state index >= 15 is 0 Å². The van der Waals surface area contributed by atoms with Gasteiger partial charge in [-0.3, -0.25) is 0 Å². The van der Waals surface area contributed by atoms with Gasteiger partial charge in [-0.2, -0.15) is 0 Å². The summed E-state index contributed by atoms with van der Waals surface area (Å²) in [7, 11) is 1.56. The number of aliphatic hydroxyl groups excluding tert-OH is 1. The fourth-order valence-corrected chi connectivity index (χ4v) is 1.92. The fraction of sp³-hybridized carbons (Fsp3) is 0.538. The average Bonchev–Trinajstić information content (AvgIpc) is 3.09. The summed E-state index contributed by atoms with van der Waals surface area (Å²) in [6.07, 6.45) is 1.89. The monoisotopic (exact) mass is 256 g/mol. The Morgan fingerprint density at radius 2 is 2.18 bits per heavy atom. The van der Waals surface area contributed by atoms with Crippen molar-refractivity contribution in [3.63, 3.8) is 0 Å². The van der Waals surface area contributed by atoms with Gasteiger partial charge in [0.2, 0.25) is 0 Å². The number of methoxy groups -OCH3 is 1. The largest absolute Gasteiger partial charge is 0.491 e. The molecule has 1 aromatic carbocycles. The van der Waals surface area contributed by atoms with Crippen molar-refractivity contribution < 1.29 is 14.6 Å². The van der Waals surface area contributed by atoms with E-state index in [4.69, 9.17) is 21.1 Å². The summed E-state index contributed by atoms with van der Waals surface area (Å²) in [5.41, 5.74) is 0.738. The van der Waals surface area contributed by atoms with Crippen LogP contribution in [0.1, 0.15) is 31.4 Å². The molecule has 1 aromatic rings. The molecule has 3 nitrogen and oxygen atoms in total. The van der Waals surface area contributed by atoms with Crippen molar-refractivity contribution in [1.82, 2.24) is 0 Å². The molecule has 1 atom stereocenters. The molecular weight excluding hydrogens is 240 g/mol. The van der Waals surface area contributed by atoms with E-state index in [-0.39, 0.29) is 0 Å². The van der Waals surface area contributed by atoms with Crippen LogP contribution in [0.4, 0.5) is 0 Å². The highest BCUT2D eigenvalue weighted by atomic mass is 35.5. The highest BCUT2D eigenvalue weighted by Crippen LogP contribution is 2.39. The van der Waals surface area contributed by atoms with Crippen molar-refractivity contribution in [3.8, 4) is 11.5 Å². The lowest BCUT2D eigenvalue weighted by molar-refractivity contribution is 0.198. The Morgan fingerprint density at radius 3 is 2.71 bits per heavy atom. The molecular formula is C13H17ClO3. The fourth-order valence-electron chi connectivity index (χ4n) is 1.63. The van der Waals surface area contributed by atoms with Crippen molar-refractivity contribution in [3.05, 3.63) is 22.7 Å². The molecule has 1 aliphatic carbocycles. The van der Waals surface area contributed by atoms with Crippen LogP contribution in [-0.4, -0.2) is 18.8 Å². The van der Waals surface area contributed by atoms with Crippen LogP contribution in [0, 0.1) is 5.92 Å². The molecule has 0 heterocycles. The molecule has 2 rings (SSSR count). The van der Waals surface area contributed by atoms with E-state index in [0.29, 0.717) is 29.0 Å². The molecule has 0 aliphatic heterocycles. The minimum Gasteiger partial charge on any atom is -0.491 e. The van der Waals surface area contributed by atoms with Crippen molar-refractivity contribution in [1.29, 1.82) is 0 Å². The van der Waals surface area contributed by atoms with E-state index in [0.717, 1.165) is 5.56 Å². The van der Waals surface area contributed by atoms with Crippen molar-refractivity contribution in [2.75, 3.05) is 13.7 Å². The smallest absolute Gasteiger partial charge is 0.179 e. The van der Waals surface area contributed by atoms with Gasteiger partial charge in [-0.05, 0) is 43.4 Å². The van der Waals surface area contributed by atoms with Gasteiger partial charge in [0, 0.05) is 0 Å². The number of hydrogen-bond donors (Lipinski definition) is 1. The first kappa shape index (κ1) is 12.5.